The van der Waals surface area contributed by atoms with E-state index in [1.54, 1.807) is 12.3 Å². The van der Waals surface area contributed by atoms with Crippen LogP contribution in [0.15, 0.2) is 82.0 Å². The quantitative estimate of drug-likeness (QED) is 0.186. The molecular weight excluding hydrogens is 476 g/mol. The van der Waals surface area contributed by atoms with Gasteiger partial charge in [-0.25, -0.2) is 5.43 Å². The van der Waals surface area contributed by atoms with Gasteiger partial charge in [0.15, 0.2) is 11.0 Å². The van der Waals surface area contributed by atoms with E-state index >= 15 is 0 Å². The van der Waals surface area contributed by atoms with Crippen LogP contribution in [0.1, 0.15) is 18.3 Å². The Balaban J connectivity index is 1.60. The second kappa shape index (κ2) is 11.5. The molecule has 1 aromatic heterocycles. The number of thioether (sulfide) groups is 1. The lowest BCUT2D eigenvalue weighted by atomic mass is 10.2. The number of halogens is 1. The standard InChI is InChI=1S/C22H23BrN6OS/c1-3-12-29-20(15-24-19-10-5-4-6-11-19)26-28-22(29)31-16(2)21(30)27-25-14-17-8-7-9-18(23)13-17/h3-11,13-14,16,24H,1,12,15H2,2H3,(H,27,30). The zero-order valence-corrected chi connectivity index (χ0v) is 19.4. The van der Waals surface area contributed by atoms with Crippen molar-refractivity contribution in [3.63, 3.8) is 0 Å². The Labute approximate surface area is 194 Å². The van der Waals surface area contributed by atoms with Crippen LogP contribution in [0.25, 0.3) is 0 Å². The molecule has 0 aliphatic carbocycles. The summed E-state index contributed by atoms with van der Waals surface area (Å²) in [7, 11) is 0. The van der Waals surface area contributed by atoms with Crippen molar-refractivity contribution in [2.45, 2.75) is 30.4 Å². The fraction of sp³-hybridized carbons (Fsp3) is 0.182. The third kappa shape index (κ3) is 6.80. The Hall–Kier alpha value is -2.91. The maximum atomic E-state index is 12.4. The van der Waals surface area contributed by atoms with Crippen LogP contribution < -0.4 is 10.7 Å². The summed E-state index contributed by atoms with van der Waals surface area (Å²) >= 11 is 4.74. The second-order valence-electron chi connectivity index (χ2n) is 6.57. The van der Waals surface area contributed by atoms with Gasteiger partial charge in [-0.3, -0.25) is 4.79 Å². The smallest absolute Gasteiger partial charge is 0.253 e. The molecule has 0 radical (unpaired) electrons. The van der Waals surface area contributed by atoms with Crippen molar-refractivity contribution in [3.8, 4) is 0 Å². The number of rotatable bonds is 10. The Morgan fingerprint density at radius 3 is 2.81 bits per heavy atom. The van der Waals surface area contributed by atoms with E-state index < -0.39 is 5.25 Å². The number of hydrazone groups is 1. The molecule has 2 aromatic carbocycles. The predicted octanol–water partition coefficient (Wildman–Crippen LogP) is 4.47. The van der Waals surface area contributed by atoms with Gasteiger partial charge in [0.25, 0.3) is 5.91 Å². The zero-order valence-electron chi connectivity index (χ0n) is 17.0. The van der Waals surface area contributed by atoms with E-state index in [1.807, 2.05) is 66.1 Å². The Kier molecular flexibility index (Phi) is 8.43. The van der Waals surface area contributed by atoms with Gasteiger partial charge in [-0.15, -0.1) is 16.8 Å². The SMILES string of the molecule is C=CCn1c(CNc2ccccc2)nnc1SC(C)C(=O)NN=Cc1cccc(Br)c1. The number of carbonyl (C=O) groups is 1. The maximum Gasteiger partial charge on any atom is 0.253 e. The van der Waals surface area contributed by atoms with Crippen LogP contribution >= 0.6 is 27.7 Å². The van der Waals surface area contributed by atoms with Crippen LogP contribution in [0.5, 0.6) is 0 Å². The molecule has 1 unspecified atom stereocenters. The Morgan fingerprint density at radius 2 is 2.06 bits per heavy atom. The minimum absolute atomic E-state index is 0.214. The molecule has 9 heteroatoms. The maximum absolute atomic E-state index is 12.4. The molecule has 31 heavy (non-hydrogen) atoms. The summed E-state index contributed by atoms with van der Waals surface area (Å²) in [5.41, 5.74) is 4.47. The van der Waals surface area contributed by atoms with E-state index in [9.17, 15) is 4.79 Å². The second-order valence-corrected chi connectivity index (χ2v) is 8.79. The molecule has 0 aliphatic rings. The highest BCUT2D eigenvalue weighted by Gasteiger charge is 2.19. The first-order valence-corrected chi connectivity index (χ1v) is 11.3. The average molecular weight is 499 g/mol. The van der Waals surface area contributed by atoms with Crippen LogP contribution in [-0.2, 0) is 17.9 Å². The molecule has 7 nitrogen and oxygen atoms in total. The molecule has 1 atom stereocenters. The first kappa shape index (κ1) is 22.8. The number of hydrogen-bond acceptors (Lipinski definition) is 6. The van der Waals surface area contributed by atoms with Crippen LogP contribution in [0.4, 0.5) is 5.69 Å². The van der Waals surface area contributed by atoms with Crippen molar-refractivity contribution in [1.82, 2.24) is 20.2 Å². The lowest BCUT2D eigenvalue weighted by Crippen LogP contribution is -2.27. The van der Waals surface area contributed by atoms with Gasteiger partial charge in [0, 0.05) is 16.7 Å². The van der Waals surface area contributed by atoms with E-state index in [0.29, 0.717) is 18.2 Å². The minimum atomic E-state index is -0.401. The van der Waals surface area contributed by atoms with Crippen molar-refractivity contribution in [3.05, 3.63) is 83.1 Å². The first-order valence-electron chi connectivity index (χ1n) is 9.64. The molecule has 0 saturated carbocycles. The molecule has 1 amide bonds. The molecule has 0 fully saturated rings. The van der Waals surface area contributed by atoms with Gasteiger partial charge >= 0.3 is 0 Å². The van der Waals surface area contributed by atoms with Crippen LogP contribution in [0, 0.1) is 0 Å². The summed E-state index contributed by atoms with van der Waals surface area (Å²) in [5, 5.41) is 16.2. The third-order valence-electron chi connectivity index (χ3n) is 4.22. The largest absolute Gasteiger partial charge is 0.378 e. The van der Waals surface area contributed by atoms with Gasteiger partial charge in [-0.2, -0.15) is 5.10 Å². The van der Waals surface area contributed by atoms with E-state index in [-0.39, 0.29) is 5.91 Å². The zero-order chi connectivity index (χ0) is 22.1. The average Bonchev–Trinajstić information content (AvgIpc) is 3.14. The lowest BCUT2D eigenvalue weighted by molar-refractivity contribution is -0.120. The summed E-state index contributed by atoms with van der Waals surface area (Å²) in [4.78, 5) is 12.4. The number of benzene rings is 2. The van der Waals surface area contributed by atoms with Crippen molar-refractivity contribution >= 4 is 45.5 Å². The first-order chi connectivity index (χ1) is 15.1. The van der Waals surface area contributed by atoms with Crippen molar-refractivity contribution in [1.29, 1.82) is 0 Å². The number of allylic oxidation sites excluding steroid dienone is 1. The van der Waals surface area contributed by atoms with Crippen molar-refractivity contribution in [2.24, 2.45) is 5.10 Å². The fourth-order valence-corrected chi connectivity index (χ4v) is 3.93. The minimum Gasteiger partial charge on any atom is -0.378 e. The number of carbonyl (C=O) groups excluding carboxylic acids is 1. The van der Waals surface area contributed by atoms with Crippen LogP contribution in [0.3, 0.4) is 0 Å². The van der Waals surface area contributed by atoms with Gasteiger partial charge in [-0.05, 0) is 36.8 Å². The Morgan fingerprint density at radius 1 is 1.26 bits per heavy atom. The summed E-state index contributed by atoms with van der Waals surface area (Å²) in [5.74, 6) is 0.555. The van der Waals surface area contributed by atoms with E-state index in [0.717, 1.165) is 21.5 Å². The molecular formula is C22H23BrN6OS. The van der Waals surface area contributed by atoms with Gasteiger partial charge in [-0.1, -0.05) is 64.1 Å². The van der Waals surface area contributed by atoms with Gasteiger partial charge in [0.05, 0.1) is 18.0 Å². The summed E-state index contributed by atoms with van der Waals surface area (Å²) < 4.78 is 2.90. The summed E-state index contributed by atoms with van der Waals surface area (Å²) in [6.45, 7) is 6.70. The number of aromatic nitrogens is 3. The van der Waals surface area contributed by atoms with Crippen LogP contribution in [-0.4, -0.2) is 32.1 Å². The van der Waals surface area contributed by atoms with Crippen molar-refractivity contribution < 1.29 is 4.79 Å². The third-order valence-corrected chi connectivity index (χ3v) is 5.79. The number of para-hydroxylation sites is 1. The van der Waals surface area contributed by atoms with Crippen LogP contribution in [0.2, 0.25) is 0 Å². The molecule has 1 heterocycles. The number of hydrogen-bond donors (Lipinski definition) is 2. The highest BCUT2D eigenvalue weighted by molar-refractivity contribution is 9.10. The van der Waals surface area contributed by atoms with E-state index in [4.69, 9.17) is 0 Å². The number of nitrogens with zero attached hydrogens (tertiary/aromatic N) is 4. The highest BCUT2D eigenvalue weighted by Crippen LogP contribution is 2.23. The predicted molar refractivity (Wildman–Crippen MR) is 129 cm³/mol. The van der Waals surface area contributed by atoms with Crippen molar-refractivity contribution in [2.75, 3.05) is 5.32 Å². The molecule has 0 saturated heterocycles. The molecule has 3 aromatic rings. The molecule has 0 spiro atoms. The lowest BCUT2D eigenvalue weighted by Gasteiger charge is -2.12. The Bertz CT molecular complexity index is 1050. The van der Waals surface area contributed by atoms with Gasteiger partial charge < -0.3 is 9.88 Å². The highest BCUT2D eigenvalue weighted by atomic mass is 79.9. The summed E-state index contributed by atoms with van der Waals surface area (Å²) in [6.07, 6.45) is 3.39. The molecule has 0 bridgehead atoms. The topological polar surface area (TPSA) is 84.2 Å². The van der Waals surface area contributed by atoms with E-state index in [1.165, 1.54) is 11.8 Å². The molecule has 3 rings (SSSR count). The number of anilines is 1. The monoisotopic (exact) mass is 498 g/mol. The molecule has 0 aliphatic heterocycles. The number of nitrogens with one attached hydrogen (secondary N) is 2. The molecule has 2 N–H and O–H groups in total. The normalized spacial score (nSPS) is 11.9. The summed E-state index contributed by atoms with van der Waals surface area (Å²) in [6, 6.07) is 17.5. The van der Waals surface area contributed by atoms with Gasteiger partial charge in [0.2, 0.25) is 0 Å². The molecule has 160 valence electrons. The number of amides is 1. The fourth-order valence-electron chi connectivity index (χ4n) is 2.65. The van der Waals surface area contributed by atoms with E-state index in [2.05, 4.69) is 48.6 Å². The van der Waals surface area contributed by atoms with Gasteiger partial charge in [0.1, 0.15) is 0 Å².